The number of aryl methyl sites for hydroxylation is 1. The molecule has 0 bridgehead atoms. The van der Waals surface area contributed by atoms with Crippen LogP contribution in [0.15, 0.2) is 95.7 Å². The van der Waals surface area contributed by atoms with Crippen LogP contribution in [0.3, 0.4) is 0 Å². The third-order valence-corrected chi connectivity index (χ3v) is 6.73. The second kappa shape index (κ2) is 9.75. The number of rotatable bonds is 7. The van der Waals surface area contributed by atoms with E-state index in [0.717, 1.165) is 41.0 Å². The van der Waals surface area contributed by atoms with Gasteiger partial charge in [-0.3, -0.25) is 0 Å². The zero-order valence-corrected chi connectivity index (χ0v) is 20.2. The van der Waals surface area contributed by atoms with Crippen molar-refractivity contribution in [2.24, 2.45) is 0 Å². The van der Waals surface area contributed by atoms with Gasteiger partial charge in [0, 0.05) is 28.2 Å². The maximum absolute atomic E-state index is 5.98. The number of anilines is 2. The highest BCUT2D eigenvalue weighted by Gasteiger charge is 2.29. The van der Waals surface area contributed by atoms with E-state index in [4.69, 9.17) is 9.47 Å². The summed E-state index contributed by atoms with van der Waals surface area (Å²) in [6.45, 7) is 1.48. The highest BCUT2D eigenvalue weighted by atomic mass is 79.9. The van der Waals surface area contributed by atoms with Crippen molar-refractivity contribution in [3.8, 4) is 11.5 Å². The number of hydrogen-bond donors (Lipinski definition) is 0. The molecule has 4 aromatic rings. The molecule has 0 fully saturated rings. The third kappa shape index (κ3) is 4.79. The number of ether oxygens (including phenoxy) is 2. The number of nitrogens with zero attached hydrogens (tertiary/aromatic N) is 2. The Hall–Kier alpha value is -3.18. The number of hydrogen-bond acceptors (Lipinski definition) is 3. The molecule has 0 amide bonds. The van der Waals surface area contributed by atoms with E-state index in [-0.39, 0.29) is 6.04 Å². The maximum atomic E-state index is 5.98. The second-order valence-electron chi connectivity index (χ2n) is 8.23. The van der Waals surface area contributed by atoms with Gasteiger partial charge in [0.05, 0.1) is 19.7 Å². The predicted octanol–water partition coefficient (Wildman–Crippen LogP) is 7.16. The lowest BCUT2D eigenvalue weighted by Gasteiger charge is -2.39. The maximum Gasteiger partial charge on any atom is 0.119 e. The van der Waals surface area contributed by atoms with E-state index >= 15 is 0 Å². The lowest BCUT2D eigenvalue weighted by Crippen LogP contribution is -2.29. The smallest absolute Gasteiger partial charge is 0.119 e. The van der Waals surface area contributed by atoms with E-state index in [1.54, 1.807) is 7.11 Å². The molecule has 1 aromatic heterocycles. The molecule has 0 saturated carbocycles. The lowest BCUT2D eigenvalue weighted by molar-refractivity contribution is 0.298. The molecule has 0 saturated heterocycles. The average molecular weight is 503 g/mol. The van der Waals surface area contributed by atoms with Gasteiger partial charge in [-0.05, 0) is 90.7 Å². The SMILES string of the molecule is COc1ccc2c(c1)CCC(c1ccc(Br)cc1)N2c1ccc(OCCn2cccc2)cc1. The van der Waals surface area contributed by atoms with Crippen molar-refractivity contribution < 1.29 is 9.47 Å². The fourth-order valence-corrected chi connectivity index (χ4v) is 4.79. The first kappa shape index (κ1) is 21.7. The summed E-state index contributed by atoms with van der Waals surface area (Å²) in [4.78, 5) is 2.45. The van der Waals surface area contributed by atoms with E-state index in [0.29, 0.717) is 6.61 Å². The van der Waals surface area contributed by atoms with Gasteiger partial charge >= 0.3 is 0 Å². The van der Waals surface area contributed by atoms with Crippen LogP contribution in [-0.4, -0.2) is 18.3 Å². The van der Waals surface area contributed by atoms with E-state index in [1.165, 1.54) is 16.8 Å². The Morgan fingerprint density at radius 1 is 0.909 bits per heavy atom. The molecule has 1 aliphatic rings. The fourth-order valence-electron chi connectivity index (χ4n) is 4.52. The van der Waals surface area contributed by atoms with Crippen molar-refractivity contribution in [1.29, 1.82) is 0 Å². The lowest BCUT2D eigenvalue weighted by atomic mass is 9.90. The zero-order chi connectivity index (χ0) is 22.6. The number of fused-ring (bicyclic) bond motifs is 1. The van der Waals surface area contributed by atoms with E-state index in [2.05, 4.69) is 105 Å². The summed E-state index contributed by atoms with van der Waals surface area (Å²) >= 11 is 3.57. The fraction of sp³-hybridized carbons (Fsp3) is 0.214. The largest absolute Gasteiger partial charge is 0.497 e. The molecule has 0 radical (unpaired) electrons. The second-order valence-corrected chi connectivity index (χ2v) is 9.15. The van der Waals surface area contributed by atoms with Crippen LogP contribution in [0.5, 0.6) is 11.5 Å². The topological polar surface area (TPSA) is 26.6 Å². The summed E-state index contributed by atoms with van der Waals surface area (Å²) < 4.78 is 14.7. The standard InChI is InChI=1S/C28H27BrN2O2/c1-32-26-13-15-28-22(20-26)6-14-27(21-4-7-23(29)8-5-21)31(28)24-9-11-25(12-10-24)33-19-18-30-16-2-3-17-30/h2-5,7-13,15-17,20,27H,6,14,18-19H2,1H3. The number of halogens is 1. The first-order chi connectivity index (χ1) is 16.2. The van der Waals surface area contributed by atoms with Gasteiger partial charge in [0.25, 0.3) is 0 Å². The molecule has 1 atom stereocenters. The van der Waals surface area contributed by atoms with Gasteiger partial charge in [0.15, 0.2) is 0 Å². The quantitative estimate of drug-likeness (QED) is 0.268. The average Bonchev–Trinajstić information content (AvgIpc) is 3.38. The Labute approximate surface area is 203 Å². The molecular weight excluding hydrogens is 476 g/mol. The molecule has 33 heavy (non-hydrogen) atoms. The van der Waals surface area contributed by atoms with Crippen LogP contribution in [0.1, 0.15) is 23.6 Å². The highest BCUT2D eigenvalue weighted by molar-refractivity contribution is 9.10. The molecule has 1 unspecified atom stereocenters. The monoisotopic (exact) mass is 502 g/mol. The first-order valence-electron chi connectivity index (χ1n) is 11.3. The van der Waals surface area contributed by atoms with Crippen LogP contribution >= 0.6 is 15.9 Å². The number of benzene rings is 3. The Balaban J connectivity index is 1.42. The Morgan fingerprint density at radius 2 is 1.64 bits per heavy atom. The molecule has 5 rings (SSSR count). The van der Waals surface area contributed by atoms with Gasteiger partial charge in [-0.1, -0.05) is 28.1 Å². The van der Waals surface area contributed by atoms with Gasteiger partial charge < -0.3 is 18.9 Å². The predicted molar refractivity (Wildman–Crippen MR) is 137 cm³/mol. The first-order valence-corrected chi connectivity index (χ1v) is 12.1. The van der Waals surface area contributed by atoms with Crippen molar-refractivity contribution in [3.05, 3.63) is 107 Å². The van der Waals surface area contributed by atoms with Crippen molar-refractivity contribution in [1.82, 2.24) is 4.57 Å². The van der Waals surface area contributed by atoms with Crippen molar-refractivity contribution in [2.45, 2.75) is 25.4 Å². The molecule has 1 aliphatic heterocycles. The van der Waals surface area contributed by atoms with Crippen molar-refractivity contribution in [2.75, 3.05) is 18.6 Å². The van der Waals surface area contributed by atoms with Crippen LogP contribution in [0.4, 0.5) is 11.4 Å². The molecule has 3 aromatic carbocycles. The summed E-state index contributed by atoms with van der Waals surface area (Å²) in [5.41, 5.74) is 5.02. The Bertz CT molecular complexity index is 1190. The third-order valence-electron chi connectivity index (χ3n) is 6.20. The number of aromatic nitrogens is 1. The van der Waals surface area contributed by atoms with E-state index in [1.807, 2.05) is 12.1 Å². The zero-order valence-electron chi connectivity index (χ0n) is 18.7. The van der Waals surface area contributed by atoms with Crippen molar-refractivity contribution in [3.63, 3.8) is 0 Å². The van der Waals surface area contributed by atoms with Crippen molar-refractivity contribution >= 4 is 27.3 Å². The Kier molecular flexibility index (Phi) is 6.40. The normalized spacial score (nSPS) is 15.2. The summed E-state index contributed by atoms with van der Waals surface area (Å²) in [5, 5.41) is 0. The molecule has 2 heterocycles. The number of methoxy groups -OCH3 is 1. The van der Waals surface area contributed by atoms with Crippen LogP contribution < -0.4 is 14.4 Å². The summed E-state index contributed by atoms with van der Waals surface area (Å²) in [5.74, 6) is 1.79. The van der Waals surface area contributed by atoms with Gasteiger partial charge in [-0.25, -0.2) is 0 Å². The molecule has 0 aliphatic carbocycles. The van der Waals surface area contributed by atoms with Crippen LogP contribution in [0, 0.1) is 0 Å². The van der Waals surface area contributed by atoms with Gasteiger partial charge in [-0.2, -0.15) is 0 Å². The van der Waals surface area contributed by atoms with E-state index < -0.39 is 0 Å². The summed E-state index contributed by atoms with van der Waals surface area (Å²) in [6, 6.07) is 27.9. The minimum Gasteiger partial charge on any atom is -0.497 e. The van der Waals surface area contributed by atoms with E-state index in [9.17, 15) is 0 Å². The Morgan fingerprint density at radius 3 is 2.36 bits per heavy atom. The van der Waals surface area contributed by atoms with Gasteiger partial charge in [0.1, 0.15) is 18.1 Å². The van der Waals surface area contributed by atoms with Crippen LogP contribution in [-0.2, 0) is 13.0 Å². The molecule has 0 N–H and O–H groups in total. The molecule has 0 spiro atoms. The molecule has 4 nitrogen and oxygen atoms in total. The summed E-state index contributed by atoms with van der Waals surface area (Å²) in [6.07, 6.45) is 6.16. The van der Waals surface area contributed by atoms with Gasteiger partial charge in [-0.15, -0.1) is 0 Å². The minimum atomic E-state index is 0.263. The molecular formula is C28H27BrN2O2. The molecule has 168 valence electrons. The highest BCUT2D eigenvalue weighted by Crippen LogP contribution is 2.45. The van der Waals surface area contributed by atoms with Crippen LogP contribution in [0.2, 0.25) is 0 Å². The minimum absolute atomic E-state index is 0.263. The molecule has 5 heteroatoms. The van der Waals surface area contributed by atoms with Gasteiger partial charge in [0.2, 0.25) is 0 Å². The summed E-state index contributed by atoms with van der Waals surface area (Å²) in [7, 11) is 1.72. The van der Waals surface area contributed by atoms with Crippen LogP contribution in [0.25, 0.3) is 0 Å².